The first kappa shape index (κ1) is 16.0. The SMILES string of the molecule is CC(C)c1nc2c(o1)CCN(C(=O)C(O)c1ccccc1Cl)C2. The molecule has 0 saturated heterocycles. The van der Waals surface area contributed by atoms with Crippen molar-refractivity contribution in [1.29, 1.82) is 0 Å². The van der Waals surface area contributed by atoms with E-state index in [-0.39, 0.29) is 11.8 Å². The minimum Gasteiger partial charge on any atom is -0.445 e. The molecule has 1 unspecified atom stereocenters. The van der Waals surface area contributed by atoms with Crippen LogP contribution in [0.2, 0.25) is 5.02 Å². The molecule has 5 nitrogen and oxygen atoms in total. The van der Waals surface area contributed by atoms with Crippen LogP contribution < -0.4 is 0 Å². The molecule has 122 valence electrons. The number of aliphatic hydroxyl groups excluding tert-OH is 1. The van der Waals surface area contributed by atoms with Crippen molar-refractivity contribution in [3.63, 3.8) is 0 Å². The van der Waals surface area contributed by atoms with Gasteiger partial charge < -0.3 is 14.4 Å². The summed E-state index contributed by atoms with van der Waals surface area (Å²) in [5.41, 5.74) is 1.20. The van der Waals surface area contributed by atoms with Gasteiger partial charge in [0.15, 0.2) is 12.0 Å². The summed E-state index contributed by atoms with van der Waals surface area (Å²) in [6.45, 7) is 4.88. The molecule has 0 radical (unpaired) electrons. The number of amides is 1. The fourth-order valence-corrected chi connectivity index (χ4v) is 2.90. The molecule has 0 bridgehead atoms. The number of halogens is 1. The molecule has 0 fully saturated rings. The average Bonchev–Trinajstić information content (AvgIpc) is 2.97. The Morgan fingerprint density at radius 2 is 2.13 bits per heavy atom. The maximum atomic E-state index is 12.6. The topological polar surface area (TPSA) is 66.6 Å². The standard InChI is InChI=1S/C17H19ClN2O3/c1-10(2)16-19-13-9-20(8-7-14(13)23-16)17(22)15(21)11-5-3-4-6-12(11)18/h3-6,10,15,21H,7-9H2,1-2H3. The van der Waals surface area contributed by atoms with Crippen molar-refractivity contribution in [3.8, 4) is 0 Å². The lowest BCUT2D eigenvalue weighted by Gasteiger charge is -2.27. The van der Waals surface area contributed by atoms with Gasteiger partial charge in [-0.2, -0.15) is 0 Å². The third kappa shape index (κ3) is 3.12. The largest absolute Gasteiger partial charge is 0.445 e. The molecule has 3 rings (SSSR count). The Morgan fingerprint density at radius 1 is 1.39 bits per heavy atom. The average molecular weight is 335 g/mol. The second kappa shape index (κ2) is 6.34. The summed E-state index contributed by atoms with van der Waals surface area (Å²) in [6, 6.07) is 6.83. The summed E-state index contributed by atoms with van der Waals surface area (Å²) in [4.78, 5) is 18.6. The van der Waals surface area contributed by atoms with E-state index in [1.165, 1.54) is 0 Å². The van der Waals surface area contributed by atoms with E-state index in [1.54, 1.807) is 29.2 Å². The number of benzene rings is 1. The minimum atomic E-state index is -1.26. The first-order valence-electron chi connectivity index (χ1n) is 7.67. The Labute approximate surface area is 139 Å². The van der Waals surface area contributed by atoms with Gasteiger partial charge >= 0.3 is 0 Å². The molecule has 0 saturated carbocycles. The molecule has 1 N–H and O–H groups in total. The van der Waals surface area contributed by atoms with Crippen LogP contribution in [0.15, 0.2) is 28.7 Å². The zero-order valence-electron chi connectivity index (χ0n) is 13.1. The van der Waals surface area contributed by atoms with Gasteiger partial charge in [0.2, 0.25) is 0 Å². The number of fused-ring (bicyclic) bond motifs is 1. The van der Waals surface area contributed by atoms with Gasteiger partial charge in [-0.25, -0.2) is 4.98 Å². The third-order valence-electron chi connectivity index (χ3n) is 3.98. The first-order chi connectivity index (χ1) is 11.0. The molecule has 1 aromatic heterocycles. The number of rotatable bonds is 3. The highest BCUT2D eigenvalue weighted by molar-refractivity contribution is 6.31. The number of aliphatic hydroxyl groups is 1. The summed E-state index contributed by atoms with van der Waals surface area (Å²) in [6.07, 6.45) is -0.655. The highest BCUT2D eigenvalue weighted by Crippen LogP contribution is 2.28. The number of aromatic nitrogens is 1. The predicted molar refractivity (Wildman–Crippen MR) is 86.1 cm³/mol. The second-order valence-corrected chi connectivity index (χ2v) is 6.42. The zero-order chi connectivity index (χ0) is 16.6. The van der Waals surface area contributed by atoms with Crippen LogP contribution in [-0.2, 0) is 17.8 Å². The highest BCUT2D eigenvalue weighted by Gasteiger charge is 2.30. The lowest BCUT2D eigenvalue weighted by atomic mass is 10.1. The Kier molecular flexibility index (Phi) is 4.41. The van der Waals surface area contributed by atoms with Gasteiger partial charge in [-0.3, -0.25) is 4.79 Å². The number of nitrogens with zero attached hydrogens (tertiary/aromatic N) is 2. The van der Waals surface area contributed by atoms with Gasteiger partial charge in [-0.05, 0) is 6.07 Å². The molecule has 1 aromatic carbocycles. The second-order valence-electron chi connectivity index (χ2n) is 6.01. The van der Waals surface area contributed by atoms with Crippen molar-refractivity contribution in [2.75, 3.05) is 6.54 Å². The van der Waals surface area contributed by atoms with Gasteiger partial charge in [0.1, 0.15) is 11.5 Å². The molecule has 1 aliphatic rings. The smallest absolute Gasteiger partial charge is 0.256 e. The van der Waals surface area contributed by atoms with Crippen molar-refractivity contribution >= 4 is 17.5 Å². The van der Waals surface area contributed by atoms with Crippen molar-refractivity contribution in [3.05, 3.63) is 52.2 Å². The quantitative estimate of drug-likeness (QED) is 0.936. The van der Waals surface area contributed by atoms with Gasteiger partial charge in [-0.15, -0.1) is 0 Å². The number of oxazole rings is 1. The van der Waals surface area contributed by atoms with E-state index in [1.807, 2.05) is 13.8 Å². The molecule has 2 heterocycles. The number of carbonyl (C=O) groups excluding carboxylic acids is 1. The Morgan fingerprint density at radius 3 is 2.83 bits per heavy atom. The molecule has 23 heavy (non-hydrogen) atoms. The lowest BCUT2D eigenvalue weighted by molar-refractivity contribution is -0.141. The zero-order valence-corrected chi connectivity index (χ0v) is 13.9. The molecule has 1 atom stereocenters. The van der Waals surface area contributed by atoms with Crippen molar-refractivity contribution in [2.45, 2.75) is 38.8 Å². The van der Waals surface area contributed by atoms with Crippen LogP contribution in [0.5, 0.6) is 0 Å². The van der Waals surface area contributed by atoms with E-state index in [9.17, 15) is 9.90 Å². The number of hydrogen-bond acceptors (Lipinski definition) is 4. The van der Waals surface area contributed by atoms with Gasteiger partial charge in [0, 0.05) is 29.5 Å². The minimum absolute atomic E-state index is 0.207. The van der Waals surface area contributed by atoms with Crippen molar-refractivity contribution in [1.82, 2.24) is 9.88 Å². The van der Waals surface area contributed by atoms with E-state index in [2.05, 4.69) is 4.98 Å². The lowest BCUT2D eigenvalue weighted by Crippen LogP contribution is -2.39. The number of carbonyl (C=O) groups is 1. The van der Waals surface area contributed by atoms with Crippen LogP contribution in [-0.4, -0.2) is 27.4 Å². The van der Waals surface area contributed by atoms with Gasteiger partial charge in [-0.1, -0.05) is 43.6 Å². The summed E-state index contributed by atoms with van der Waals surface area (Å²) < 4.78 is 5.73. The van der Waals surface area contributed by atoms with Crippen LogP contribution in [0.3, 0.4) is 0 Å². The third-order valence-corrected chi connectivity index (χ3v) is 4.33. The van der Waals surface area contributed by atoms with Crippen LogP contribution >= 0.6 is 11.6 Å². The van der Waals surface area contributed by atoms with Crippen LogP contribution in [0, 0.1) is 0 Å². The van der Waals surface area contributed by atoms with Crippen molar-refractivity contribution < 1.29 is 14.3 Å². The molecule has 6 heteroatoms. The highest BCUT2D eigenvalue weighted by atomic mass is 35.5. The van der Waals surface area contributed by atoms with E-state index < -0.39 is 6.10 Å². The first-order valence-corrected chi connectivity index (χ1v) is 8.05. The van der Waals surface area contributed by atoms with Crippen LogP contribution in [0.1, 0.15) is 48.8 Å². The molecule has 1 aliphatic heterocycles. The summed E-state index contributed by atoms with van der Waals surface area (Å²) >= 11 is 6.06. The fraction of sp³-hybridized carbons (Fsp3) is 0.412. The van der Waals surface area contributed by atoms with E-state index in [0.29, 0.717) is 36.0 Å². The van der Waals surface area contributed by atoms with Gasteiger partial charge in [0.25, 0.3) is 5.91 Å². The van der Waals surface area contributed by atoms with E-state index in [4.69, 9.17) is 16.0 Å². The molecule has 0 spiro atoms. The fourth-order valence-electron chi connectivity index (χ4n) is 2.66. The maximum absolute atomic E-state index is 12.6. The monoisotopic (exact) mass is 334 g/mol. The molecule has 1 amide bonds. The summed E-state index contributed by atoms with van der Waals surface area (Å²) in [5, 5.41) is 10.7. The van der Waals surface area contributed by atoms with Crippen LogP contribution in [0.4, 0.5) is 0 Å². The normalized spacial score (nSPS) is 15.6. The van der Waals surface area contributed by atoms with Crippen molar-refractivity contribution in [2.24, 2.45) is 0 Å². The Balaban J connectivity index is 1.77. The number of hydrogen-bond donors (Lipinski definition) is 1. The maximum Gasteiger partial charge on any atom is 0.256 e. The predicted octanol–water partition coefficient (Wildman–Crippen LogP) is 3.07. The van der Waals surface area contributed by atoms with Crippen LogP contribution in [0.25, 0.3) is 0 Å². The molecular formula is C17H19ClN2O3. The van der Waals surface area contributed by atoms with Gasteiger partial charge in [0.05, 0.1) is 6.54 Å². The Hall–Kier alpha value is -1.85. The summed E-state index contributed by atoms with van der Waals surface area (Å²) in [7, 11) is 0. The van der Waals surface area contributed by atoms with E-state index >= 15 is 0 Å². The molecular weight excluding hydrogens is 316 g/mol. The van der Waals surface area contributed by atoms with E-state index in [0.717, 1.165) is 11.5 Å². The molecule has 2 aromatic rings. The summed E-state index contributed by atoms with van der Waals surface area (Å²) in [5.74, 6) is 1.37. The molecule has 0 aliphatic carbocycles. The Bertz CT molecular complexity index is 726.